The summed E-state index contributed by atoms with van der Waals surface area (Å²) < 4.78 is 27.1. The third kappa shape index (κ3) is 4.85. The van der Waals surface area contributed by atoms with E-state index < -0.39 is 6.16 Å². The van der Waals surface area contributed by atoms with E-state index in [-0.39, 0.29) is 37.3 Å². The topological polar surface area (TPSA) is 133 Å². The summed E-state index contributed by atoms with van der Waals surface area (Å²) in [4.78, 5) is 24.0. The molecular weight excluding hydrogens is 346 g/mol. The van der Waals surface area contributed by atoms with Crippen LogP contribution in [0.3, 0.4) is 0 Å². The largest absolute Gasteiger partial charge is 0.511 e. The number of nitrogen functional groups attached to an aromatic ring is 1. The Morgan fingerprint density at radius 2 is 1.96 bits per heavy atom. The van der Waals surface area contributed by atoms with E-state index in [1.807, 2.05) is 6.92 Å². The number of carbonyl (C=O) groups excluding carboxylic acids is 1. The van der Waals surface area contributed by atoms with Crippen LogP contribution in [0.25, 0.3) is 11.2 Å². The number of rotatable bonds is 9. The van der Waals surface area contributed by atoms with Gasteiger partial charge in [0.05, 0.1) is 12.7 Å². The molecule has 0 atom stereocenters. The number of nitrogens with zero attached hydrogens (tertiary/aromatic N) is 4. The highest BCUT2D eigenvalue weighted by molar-refractivity contribution is 5.83. The number of hydrogen-bond donors (Lipinski definition) is 1. The molecule has 144 valence electrons. The maximum absolute atomic E-state index is 11.4. The van der Waals surface area contributed by atoms with Gasteiger partial charge >= 0.3 is 18.2 Å². The normalized spacial score (nSPS) is 11.0. The van der Waals surface area contributed by atoms with Crippen molar-refractivity contribution in [3.05, 3.63) is 0 Å². The van der Waals surface area contributed by atoms with Gasteiger partial charge in [0.2, 0.25) is 6.79 Å². The number of carbonyl (C=O) groups is 1. The second-order valence-corrected chi connectivity index (χ2v) is 5.37. The monoisotopic (exact) mass is 369 g/mol. The minimum atomic E-state index is -0.827. The molecular formula is C15H23N5O6. The van der Waals surface area contributed by atoms with Gasteiger partial charge in [0, 0.05) is 13.7 Å². The molecule has 0 aromatic carbocycles. The lowest BCUT2D eigenvalue weighted by Gasteiger charge is -2.10. The number of aromatic nitrogens is 4. The van der Waals surface area contributed by atoms with E-state index in [2.05, 4.69) is 15.0 Å². The molecule has 2 aromatic heterocycles. The van der Waals surface area contributed by atoms with Crippen molar-refractivity contribution >= 4 is 23.1 Å². The van der Waals surface area contributed by atoms with E-state index >= 15 is 0 Å². The first-order valence-electron chi connectivity index (χ1n) is 8.07. The van der Waals surface area contributed by atoms with Crippen LogP contribution in [-0.2, 0) is 20.8 Å². The molecule has 0 unspecified atom stereocenters. The van der Waals surface area contributed by atoms with Crippen molar-refractivity contribution in [3.8, 4) is 12.0 Å². The van der Waals surface area contributed by atoms with Crippen molar-refractivity contribution in [1.29, 1.82) is 0 Å². The number of methoxy groups -OCH3 is 1. The summed E-state index contributed by atoms with van der Waals surface area (Å²) in [6.45, 7) is 6.13. The lowest BCUT2D eigenvalue weighted by atomic mass is 10.5. The van der Waals surface area contributed by atoms with E-state index in [0.717, 1.165) is 0 Å². The molecule has 0 bridgehead atoms. The van der Waals surface area contributed by atoms with E-state index in [1.165, 1.54) is 0 Å². The third-order valence-corrected chi connectivity index (χ3v) is 3.10. The van der Waals surface area contributed by atoms with Crippen molar-refractivity contribution in [2.24, 2.45) is 0 Å². The molecule has 2 heterocycles. The Morgan fingerprint density at radius 3 is 2.62 bits per heavy atom. The second kappa shape index (κ2) is 9.04. The Morgan fingerprint density at radius 1 is 1.19 bits per heavy atom. The average Bonchev–Trinajstić information content (AvgIpc) is 2.92. The number of nitrogens with two attached hydrogens (primary N) is 1. The van der Waals surface area contributed by atoms with Gasteiger partial charge in [-0.3, -0.25) is 4.57 Å². The SMILES string of the molecule is CCn1c(OCOC(=O)OC(C)C)nc2c(N)nc(OCCOC)nc21. The molecule has 0 saturated carbocycles. The molecule has 0 spiro atoms. The van der Waals surface area contributed by atoms with Gasteiger partial charge in [0.25, 0.3) is 0 Å². The zero-order valence-corrected chi connectivity index (χ0v) is 15.2. The van der Waals surface area contributed by atoms with Crippen LogP contribution in [0.2, 0.25) is 0 Å². The molecule has 2 aromatic rings. The van der Waals surface area contributed by atoms with Crippen molar-refractivity contribution < 1.29 is 28.5 Å². The number of hydrogen-bond acceptors (Lipinski definition) is 10. The standard InChI is InChI=1S/C15H23N5O6/c1-5-20-12-10(11(16)18-13(19-12)23-7-6-22-4)17-14(20)24-8-25-15(21)26-9(2)3/h9H,5-8H2,1-4H3,(H2,16,18,19). The quantitative estimate of drug-likeness (QED) is 0.392. The van der Waals surface area contributed by atoms with Gasteiger partial charge in [-0.05, 0) is 20.8 Å². The first-order chi connectivity index (χ1) is 12.5. The van der Waals surface area contributed by atoms with Crippen molar-refractivity contribution in [3.63, 3.8) is 0 Å². The highest BCUT2D eigenvalue weighted by Crippen LogP contribution is 2.25. The maximum Gasteiger partial charge on any atom is 0.511 e. The summed E-state index contributed by atoms with van der Waals surface area (Å²) in [5, 5.41) is 0. The summed E-state index contributed by atoms with van der Waals surface area (Å²) >= 11 is 0. The Labute approximate surface area is 150 Å². The molecule has 2 rings (SSSR count). The van der Waals surface area contributed by atoms with E-state index in [9.17, 15) is 4.79 Å². The number of anilines is 1. The maximum atomic E-state index is 11.4. The average molecular weight is 369 g/mol. The predicted octanol–water partition coefficient (Wildman–Crippen LogP) is 1.35. The minimum Gasteiger partial charge on any atom is -0.461 e. The number of ether oxygens (including phenoxy) is 5. The van der Waals surface area contributed by atoms with Crippen molar-refractivity contribution in [2.45, 2.75) is 33.4 Å². The molecule has 0 fully saturated rings. The minimum absolute atomic E-state index is 0.116. The van der Waals surface area contributed by atoms with E-state index in [1.54, 1.807) is 25.5 Å². The van der Waals surface area contributed by atoms with Gasteiger partial charge < -0.3 is 29.4 Å². The van der Waals surface area contributed by atoms with Crippen LogP contribution in [0, 0.1) is 0 Å². The van der Waals surface area contributed by atoms with Gasteiger partial charge in [-0.2, -0.15) is 15.0 Å². The zero-order valence-electron chi connectivity index (χ0n) is 15.2. The van der Waals surface area contributed by atoms with E-state index in [0.29, 0.717) is 24.3 Å². The van der Waals surface area contributed by atoms with Crippen LogP contribution in [0.15, 0.2) is 0 Å². The fourth-order valence-corrected chi connectivity index (χ4v) is 2.01. The molecule has 11 heteroatoms. The Hall–Kier alpha value is -2.82. The Balaban J connectivity index is 2.14. The lowest BCUT2D eigenvalue weighted by Crippen LogP contribution is -2.17. The van der Waals surface area contributed by atoms with Gasteiger partial charge in [0.15, 0.2) is 17.0 Å². The van der Waals surface area contributed by atoms with Gasteiger partial charge in [-0.1, -0.05) is 0 Å². The summed E-state index contributed by atoms with van der Waals surface area (Å²) in [6.07, 6.45) is -1.11. The lowest BCUT2D eigenvalue weighted by molar-refractivity contribution is -0.0117. The molecule has 11 nitrogen and oxygen atoms in total. The predicted molar refractivity (Wildman–Crippen MR) is 91.0 cm³/mol. The number of imidazole rings is 1. The summed E-state index contributed by atoms with van der Waals surface area (Å²) in [5.41, 5.74) is 6.75. The summed E-state index contributed by atoms with van der Waals surface area (Å²) in [6, 6.07) is 0.305. The van der Waals surface area contributed by atoms with Crippen LogP contribution in [0.1, 0.15) is 20.8 Å². The van der Waals surface area contributed by atoms with Crippen LogP contribution < -0.4 is 15.2 Å². The van der Waals surface area contributed by atoms with Gasteiger partial charge in [-0.25, -0.2) is 4.79 Å². The van der Waals surface area contributed by atoms with Crippen LogP contribution >= 0.6 is 0 Å². The molecule has 0 aliphatic heterocycles. The first kappa shape index (κ1) is 19.5. The van der Waals surface area contributed by atoms with Gasteiger partial charge in [0.1, 0.15) is 6.61 Å². The summed E-state index contributed by atoms with van der Waals surface area (Å²) in [5.74, 6) is 0.152. The first-order valence-corrected chi connectivity index (χ1v) is 8.07. The fraction of sp³-hybridized carbons (Fsp3) is 0.600. The third-order valence-electron chi connectivity index (χ3n) is 3.10. The molecule has 0 radical (unpaired) electrons. The molecule has 0 amide bonds. The van der Waals surface area contributed by atoms with E-state index in [4.69, 9.17) is 29.4 Å². The summed E-state index contributed by atoms with van der Waals surface area (Å²) in [7, 11) is 1.57. The van der Waals surface area contributed by atoms with Crippen molar-refractivity contribution in [2.75, 3.05) is 32.9 Å². The molecule has 0 aliphatic carbocycles. The molecule has 2 N–H and O–H groups in total. The Kier molecular flexibility index (Phi) is 6.78. The van der Waals surface area contributed by atoms with Crippen molar-refractivity contribution in [1.82, 2.24) is 19.5 Å². The highest BCUT2D eigenvalue weighted by atomic mass is 16.8. The number of aryl methyl sites for hydroxylation is 1. The van der Waals surface area contributed by atoms with Crippen LogP contribution in [0.5, 0.6) is 12.0 Å². The molecule has 0 saturated heterocycles. The highest BCUT2D eigenvalue weighted by Gasteiger charge is 2.18. The second-order valence-electron chi connectivity index (χ2n) is 5.37. The molecule has 26 heavy (non-hydrogen) atoms. The fourth-order valence-electron chi connectivity index (χ4n) is 2.01. The van der Waals surface area contributed by atoms with Gasteiger partial charge in [-0.15, -0.1) is 0 Å². The van der Waals surface area contributed by atoms with Crippen LogP contribution in [0.4, 0.5) is 10.6 Å². The zero-order chi connectivity index (χ0) is 19.1. The smallest absolute Gasteiger partial charge is 0.461 e. The molecule has 0 aliphatic rings. The van der Waals surface area contributed by atoms with Crippen LogP contribution in [-0.4, -0.2) is 58.9 Å². The Bertz CT molecular complexity index is 748. The number of fused-ring (bicyclic) bond motifs is 1.